The van der Waals surface area contributed by atoms with Crippen molar-refractivity contribution in [3.8, 4) is 0 Å². The first-order valence-corrected chi connectivity index (χ1v) is 7.19. The molecule has 7 heteroatoms. The van der Waals surface area contributed by atoms with Gasteiger partial charge in [0.1, 0.15) is 0 Å². The molecule has 1 unspecified atom stereocenters. The van der Waals surface area contributed by atoms with Gasteiger partial charge in [0, 0.05) is 37.1 Å². The molecule has 0 bridgehead atoms. The van der Waals surface area contributed by atoms with E-state index in [1.165, 1.54) is 16.2 Å². The van der Waals surface area contributed by atoms with Crippen LogP contribution in [-0.4, -0.2) is 40.0 Å². The minimum Gasteiger partial charge on any atom is -0.481 e. The zero-order chi connectivity index (χ0) is 15.4. The van der Waals surface area contributed by atoms with Gasteiger partial charge < -0.3 is 14.6 Å². The number of aryl methyl sites for hydroxylation is 1. The maximum Gasteiger partial charge on any atom is 0.308 e. The Morgan fingerprint density at radius 3 is 2.45 bits per heavy atom. The van der Waals surface area contributed by atoms with Crippen molar-refractivity contribution in [3.05, 3.63) is 20.2 Å². The monoisotopic (exact) mass is 300 g/mol. The van der Waals surface area contributed by atoms with E-state index in [0.717, 1.165) is 10.6 Å². The third kappa shape index (κ3) is 3.93. The van der Waals surface area contributed by atoms with E-state index >= 15 is 0 Å². The number of thiazole rings is 1. The van der Waals surface area contributed by atoms with E-state index in [2.05, 4.69) is 0 Å². The first kappa shape index (κ1) is 16.4. The molecule has 1 aromatic heterocycles. The summed E-state index contributed by atoms with van der Waals surface area (Å²) in [6.45, 7) is 5.79. The Morgan fingerprint density at radius 1 is 1.40 bits per heavy atom. The molecule has 0 aliphatic carbocycles. The number of carbonyl (C=O) groups excluding carboxylic acids is 1. The lowest BCUT2D eigenvalue weighted by atomic mass is 10.1. The largest absolute Gasteiger partial charge is 0.481 e. The standard InChI is InChI=1S/C13H20N2O4S/c1-8(12(17)18)7-14(4)11(16)5-6-15-9(2)10(3)20-13(15)19/h8H,5-7H2,1-4H3,(H,17,18). The number of carboxylic acids is 1. The topological polar surface area (TPSA) is 79.6 Å². The second-order valence-electron chi connectivity index (χ2n) is 4.92. The maximum absolute atomic E-state index is 11.9. The highest BCUT2D eigenvalue weighted by Crippen LogP contribution is 2.10. The molecule has 0 radical (unpaired) electrons. The van der Waals surface area contributed by atoms with Crippen LogP contribution in [0.25, 0.3) is 0 Å². The molecule has 0 aromatic carbocycles. The normalized spacial score (nSPS) is 12.2. The molecule has 1 N–H and O–H groups in total. The van der Waals surface area contributed by atoms with E-state index in [4.69, 9.17) is 5.11 Å². The summed E-state index contributed by atoms with van der Waals surface area (Å²) < 4.78 is 1.59. The van der Waals surface area contributed by atoms with Crippen molar-refractivity contribution in [3.63, 3.8) is 0 Å². The lowest BCUT2D eigenvalue weighted by Gasteiger charge is -2.19. The number of aromatic nitrogens is 1. The second kappa shape index (κ2) is 6.69. The van der Waals surface area contributed by atoms with Gasteiger partial charge in [-0.25, -0.2) is 0 Å². The number of carbonyl (C=O) groups is 2. The molecule has 6 nitrogen and oxygen atoms in total. The predicted octanol–water partition coefficient (Wildman–Crippen LogP) is 1.10. The van der Waals surface area contributed by atoms with Crippen LogP contribution in [0.2, 0.25) is 0 Å². The summed E-state index contributed by atoms with van der Waals surface area (Å²) in [5.74, 6) is -1.68. The summed E-state index contributed by atoms with van der Waals surface area (Å²) >= 11 is 1.18. The van der Waals surface area contributed by atoms with Crippen LogP contribution in [0.3, 0.4) is 0 Å². The Kier molecular flexibility index (Phi) is 5.50. The summed E-state index contributed by atoms with van der Waals surface area (Å²) in [6, 6.07) is 0. The van der Waals surface area contributed by atoms with Crippen LogP contribution >= 0.6 is 11.3 Å². The van der Waals surface area contributed by atoms with E-state index in [-0.39, 0.29) is 23.7 Å². The molecule has 112 valence electrons. The molecule has 0 saturated carbocycles. The number of hydrogen-bond donors (Lipinski definition) is 1. The fourth-order valence-corrected chi connectivity index (χ4v) is 2.69. The highest BCUT2D eigenvalue weighted by Gasteiger charge is 2.18. The van der Waals surface area contributed by atoms with Crippen LogP contribution in [0.1, 0.15) is 23.9 Å². The Labute approximate surface area is 121 Å². The molecule has 20 heavy (non-hydrogen) atoms. The number of amides is 1. The molecule has 1 aromatic rings. The van der Waals surface area contributed by atoms with Gasteiger partial charge in [0.05, 0.1) is 5.92 Å². The smallest absolute Gasteiger partial charge is 0.308 e. The van der Waals surface area contributed by atoms with Crippen molar-refractivity contribution < 1.29 is 14.7 Å². The second-order valence-corrected chi connectivity index (χ2v) is 6.09. The lowest BCUT2D eigenvalue weighted by Crippen LogP contribution is -2.34. The summed E-state index contributed by atoms with van der Waals surface area (Å²) in [5, 5.41) is 8.81. The molecule has 1 atom stereocenters. The van der Waals surface area contributed by atoms with Gasteiger partial charge in [-0.3, -0.25) is 14.4 Å². The van der Waals surface area contributed by atoms with Gasteiger partial charge in [-0.05, 0) is 13.8 Å². The summed E-state index contributed by atoms with van der Waals surface area (Å²) in [4.78, 5) is 36.7. The van der Waals surface area contributed by atoms with Crippen LogP contribution in [-0.2, 0) is 16.1 Å². The Morgan fingerprint density at radius 2 is 2.00 bits per heavy atom. The molecule has 1 heterocycles. The van der Waals surface area contributed by atoms with Gasteiger partial charge >= 0.3 is 10.8 Å². The molecule has 0 aliphatic heterocycles. The average molecular weight is 300 g/mol. The molecular formula is C13H20N2O4S. The van der Waals surface area contributed by atoms with E-state index in [1.54, 1.807) is 18.5 Å². The Hall–Kier alpha value is -1.63. The van der Waals surface area contributed by atoms with Gasteiger partial charge in [0.2, 0.25) is 5.91 Å². The van der Waals surface area contributed by atoms with Gasteiger partial charge in [0.15, 0.2) is 0 Å². The molecule has 0 fully saturated rings. The van der Waals surface area contributed by atoms with Gasteiger partial charge in [-0.1, -0.05) is 18.3 Å². The van der Waals surface area contributed by atoms with Gasteiger partial charge in [-0.15, -0.1) is 0 Å². The number of nitrogens with zero attached hydrogens (tertiary/aromatic N) is 2. The average Bonchev–Trinajstić information content (AvgIpc) is 2.60. The lowest BCUT2D eigenvalue weighted by molar-refractivity contribution is -0.142. The molecule has 0 spiro atoms. The molecule has 0 saturated heterocycles. The minimum atomic E-state index is -0.926. The zero-order valence-electron chi connectivity index (χ0n) is 12.2. The summed E-state index contributed by atoms with van der Waals surface area (Å²) in [7, 11) is 1.58. The number of rotatable bonds is 6. The number of carboxylic acid groups (broad SMARTS) is 1. The van der Waals surface area contributed by atoms with Crippen LogP contribution in [0, 0.1) is 19.8 Å². The van der Waals surface area contributed by atoms with Crippen molar-refractivity contribution in [1.29, 1.82) is 0 Å². The van der Waals surface area contributed by atoms with Crippen molar-refractivity contribution >= 4 is 23.2 Å². The van der Waals surface area contributed by atoms with Crippen LogP contribution < -0.4 is 4.87 Å². The van der Waals surface area contributed by atoms with Crippen LogP contribution in [0.5, 0.6) is 0 Å². The third-order valence-corrected chi connectivity index (χ3v) is 4.32. The van der Waals surface area contributed by atoms with Crippen molar-refractivity contribution in [2.75, 3.05) is 13.6 Å². The van der Waals surface area contributed by atoms with Crippen molar-refractivity contribution in [1.82, 2.24) is 9.47 Å². The number of hydrogen-bond acceptors (Lipinski definition) is 4. The highest BCUT2D eigenvalue weighted by molar-refractivity contribution is 7.09. The minimum absolute atomic E-state index is 0.0608. The Balaban J connectivity index is 2.59. The fraction of sp³-hybridized carbons (Fsp3) is 0.615. The SMILES string of the molecule is Cc1sc(=O)n(CCC(=O)N(C)CC(C)C(=O)O)c1C. The predicted molar refractivity (Wildman–Crippen MR) is 77.1 cm³/mol. The first-order chi connectivity index (χ1) is 9.23. The van der Waals surface area contributed by atoms with Gasteiger partial charge in [0.25, 0.3) is 0 Å². The highest BCUT2D eigenvalue weighted by atomic mass is 32.1. The molecule has 1 amide bonds. The molecule has 1 rings (SSSR count). The number of aliphatic carboxylic acids is 1. The first-order valence-electron chi connectivity index (χ1n) is 6.37. The van der Waals surface area contributed by atoms with E-state index in [0.29, 0.717) is 6.54 Å². The van der Waals surface area contributed by atoms with Crippen molar-refractivity contribution in [2.24, 2.45) is 5.92 Å². The van der Waals surface area contributed by atoms with Crippen LogP contribution in [0.4, 0.5) is 0 Å². The third-order valence-electron chi connectivity index (χ3n) is 3.32. The Bertz CT molecular complexity index is 561. The molecule has 0 aliphatic rings. The van der Waals surface area contributed by atoms with E-state index in [1.807, 2.05) is 13.8 Å². The quantitative estimate of drug-likeness (QED) is 0.853. The van der Waals surface area contributed by atoms with Crippen LogP contribution in [0.15, 0.2) is 4.79 Å². The maximum atomic E-state index is 11.9. The van der Waals surface area contributed by atoms with E-state index < -0.39 is 11.9 Å². The summed E-state index contributed by atoms with van der Waals surface area (Å²) in [5.41, 5.74) is 0.884. The van der Waals surface area contributed by atoms with Gasteiger partial charge in [-0.2, -0.15) is 0 Å². The summed E-state index contributed by atoms with van der Waals surface area (Å²) in [6.07, 6.45) is 0.194. The van der Waals surface area contributed by atoms with E-state index in [9.17, 15) is 14.4 Å². The van der Waals surface area contributed by atoms with Crippen molar-refractivity contribution in [2.45, 2.75) is 33.7 Å². The fourth-order valence-electron chi connectivity index (χ4n) is 1.83. The zero-order valence-corrected chi connectivity index (χ0v) is 13.0. The molecular weight excluding hydrogens is 280 g/mol.